The number of carbonyl (C=O) groups is 2. The van der Waals surface area contributed by atoms with Crippen LogP contribution >= 0.6 is 0 Å². The summed E-state index contributed by atoms with van der Waals surface area (Å²) in [5.41, 5.74) is 2.76. The Balaban J connectivity index is 1.77. The van der Waals surface area contributed by atoms with Gasteiger partial charge in [0.25, 0.3) is 0 Å². The third kappa shape index (κ3) is 3.39. The van der Waals surface area contributed by atoms with E-state index in [1.807, 2.05) is 42.5 Å². The van der Waals surface area contributed by atoms with E-state index in [4.69, 9.17) is 0 Å². The number of hydrogen-bond acceptors (Lipinski definition) is 3. The number of benzene rings is 1. The zero-order chi connectivity index (χ0) is 16.2. The predicted molar refractivity (Wildman–Crippen MR) is 86.4 cm³/mol. The first kappa shape index (κ1) is 15.2. The molecule has 3 rings (SSSR count). The molecule has 118 valence electrons. The van der Waals surface area contributed by atoms with E-state index >= 15 is 0 Å². The van der Waals surface area contributed by atoms with Crippen molar-refractivity contribution in [1.29, 1.82) is 0 Å². The van der Waals surface area contributed by atoms with Gasteiger partial charge in [-0.05, 0) is 17.2 Å². The molecule has 1 atom stereocenters. The summed E-state index contributed by atoms with van der Waals surface area (Å²) in [4.78, 5) is 30.4. The highest BCUT2D eigenvalue weighted by Crippen LogP contribution is 2.26. The summed E-state index contributed by atoms with van der Waals surface area (Å²) in [6.45, 7) is 2.89. The zero-order valence-corrected chi connectivity index (χ0v) is 13.0. The van der Waals surface area contributed by atoms with Crippen molar-refractivity contribution in [2.75, 3.05) is 6.54 Å². The second kappa shape index (κ2) is 6.60. The van der Waals surface area contributed by atoms with Crippen molar-refractivity contribution in [3.05, 3.63) is 65.5 Å². The summed E-state index contributed by atoms with van der Waals surface area (Å²) in [7, 11) is 0. The van der Waals surface area contributed by atoms with Gasteiger partial charge in [-0.3, -0.25) is 14.6 Å². The summed E-state index contributed by atoms with van der Waals surface area (Å²) in [6, 6.07) is 13.5. The molecule has 5 heteroatoms. The fourth-order valence-electron chi connectivity index (χ4n) is 2.83. The van der Waals surface area contributed by atoms with Gasteiger partial charge in [0.05, 0.1) is 11.6 Å². The molecule has 0 fully saturated rings. The van der Waals surface area contributed by atoms with E-state index in [2.05, 4.69) is 10.3 Å². The minimum Gasteiger partial charge on any atom is -0.351 e. The molecular formula is C18H19N3O2. The molecule has 1 aliphatic heterocycles. The molecule has 1 aromatic heterocycles. The summed E-state index contributed by atoms with van der Waals surface area (Å²) in [5.74, 6) is -0.548. The molecule has 0 spiro atoms. The summed E-state index contributed by atoms with van der Waals surface area (Å²) < 4.78 is 0. The number of nitrogens with one attached hydrogen (secondary N) is 1. The van der Waals surface area contributed by atoms with Gasteiger partial charge in [0.2, 0.25) is 11.8 Å². The van der Waals surface area contributed by atoms with Gasteiger partial charge in [-0.15, -0.1) is 0 Å². The molecule has 5 nitrogen and oxygen atoms in total. The van der Waals surface area contributed by atoms with Gasteiger partial charge in [-0.1, -0.05) is 36.4 Å². The molecule has 1 unspecified atom stereocenters. The third-order valence-corrected chi connectivity index (χ3v) is 4.09. The topological polar surface area (TPSA) is 62.3 Å². The first-order chi connectivity index (χ1) is 11.1. The lowest BCUT2D eigenvalue weighted by molar-refractivity contribution is -0.131. The van der Waals surface area contributed by atoms with Crippen molar-refractivity contribution in [2.45, 2.75) is 25.9 Å². The number of rotatable bonds is 3. The molecule has 0 saturated heterocycles. The van der Waals surface area contributed by atoms with Crippen LogP contribution in [0.4, 0.5) is 0 Å². The predicted octanol–water partition coefficient (Wildman–Crippen LogP) is 1.84. The Labute approximate surface area is 135 Å². The number of hydrogen-bond donors (Lipinski definition) is 1. The van der Waals surface area contributed by atoms with Crippen LogP contribution in [0.25, 0.3) is 0 Å². The van der Waals surface area contributed by atoms with Gasteiger partial charge in [-0.2, -0.15) is 0 Å². The fourth-order valence-corrected chi connectivity index (χ4v) is 2.83. The van der Waals surface area contributed by atoms with Crippen molar-refractivity contribution in [1.82, 2.24) is 15.2 Å². The summed E-state index contributed by atoms with van der Waals surface area (Å²) >= 11 is 0. The lowest BCUT2D eigenvalue weighted by Crippen LogP contribution is -2.43. The number of fused-ring (bicyclic) bond motifs is 1. The Morgan fingerprint density at radius 1 is 1.22 bits per heavy atom. The monoisotopic (exact) mass is 309 g/mol. The van der Waals surface area contributed by atoms with Crippen LogP contribution in [0.1, 0.15) is 29.7 Å². The minimum absolute atomic E-state index is 0.0274. The van der Waals surface area contributed by atoms with Crippen LogP contribution < -0.4 is 5.32 Å². The number of pyridine rings is 1. The van der Waals surface area contributed by atoms with Crippen molar-refractivity contribution >= 4 is 11.8 Å². The Kier molecular flexibility index (Phi) is 4.37. The molecule has 2 aromatic rings. The smallest absolute Gasteiger partial charge is 0.231 e. The molecular weight excluding hydrogens is 290 g/mol. The Morgan fingerprint density at radius 2 is 2.00 bits per heavy atom. The van der Waals surface area contributed by atoms with Crippen LogP contribution in [0.15, 0.2) is 48.7 Å². The first-order valence-corrected chi connectivity index (χ1v) is 7.66. The maximum Gasteiger partial charge on any atom is 0.231 e. The molecule has 2 amide bonds. The van der Waals surface area contributed by atoms with Gasteiger partial charge in [0.15, 0.2) is 0 Å². The number of nitrogens with zero attached hydrogens (tertiary/aromatic N) is 2. The molecule has 2 heterocycles. The highest BCUT2D eigenvalue weighted by Gasteiger charge is 2.32. The SMILES string of the molecule is CC(=O)N1Cc2cccnc2C(C(=O)NCc2ccccc2)C1. The average Bonchev–Trinajstić information content (AvgIpc) is 2.59. The number of carbonyl (C=O) groups excluding carboxylic acids is 2. The van der Waals surface area contributed by atoms with Gasteiger partial charge >= 0.3 is 0 Å². The minimum atomic E-state index is -0.424. The van der Waals surface area contributed by atoms with Crippen LogP contribution in [-0.2, 0) is 22.7 Å². The van der Waals surface area contributed by atoms with Gasteiger partial charge < -0.3 is 10.2 Å². The maximum atomic E-state index is 12.6. The van der Waals surface area contributed by atoms with E-state index in [1.54, 1.807) is 11.1 Å². The molecule has 1 N–H and O–H groups in total. The lowest BCUT2D eigenvalue weighted by Gasteiger charge is -2.32. The second-order valence-corrected chi connectivity index (χ2v) is 5.70. The van der Waals surface area contributed by atoms with Crippen LogP contribution in [-0.4, -0.2) is 28.2 Å². The van der Waals surface area contributed by atoms with Crippen molar-refractivity contribution in [2.24, 2.45) is 0 Å². The van der Waals surface area contributed by atoms with E-state index in [1.165, 1.54) is 6.92 Å². The molecule has 0 aliphatic carbocycles. The largest absolute Gasteiger partial charge is 0.351 e. The Bertz CT molecular complexity index is 715. The first-order valence-electron chi connectivity index (χ1n) is 7.66. The quantitative estimate of drug-likeness (QED) is 0.941. The van der Waals surface area contributed by atoms with Crippen molar-refractivity contribution in [3.63, 3.8) is 0 Å². The van der Waals surface area contributed by atoms with E-state index in [0.29, 0.717) is 19.6 Å². The lowest BCUT2D eigenvalue weighted by atomic mass is 9.93. The van der Waals surface area contributed by atoms with E-state index in [0.717, 1.165) is 16.8 Å². The van der Waals surface area contributed by atoms with Gasteiger partial charge in [0.1, 0.15) is 0 Å². The highest BCUT2D eigenvalue weighted by molar-refractivity contribution is 5.85. The number of amides is 2. The number of aromatic nitrogens is 1. The van der Waals surface area contributed by atoms with E-state index < -0.39 is 5.92 Å². The van der Waals surface area contributed by atoms with Crippen LogP contribution in [0.3, 0.4) is 0 Å². The summed E-state index contributed by atoms with van der Waals surface area (Å²) in [6.07, 6.45) is 1.69. The van der Waals surface area contributed by atoms with Crippen LogP contribution in [0, 0.1) is 0 Å². The normalized spacial score (nSPS) is 16.6. The molecule has 0 radical (unpaired) electrons. The van der Waals surface area contributed by atoms with Crippen LogP contribution in [0.5, 0.6) is 0 Å². The van der Waals surface area contributed by atoms with Gasteiger partial charge in [-0.25, -0.2) is 0 Å². The third-order valence-electron chi connectivity index (χ3n) is 4.09. The molecule has 1 aliphatic rings. The zero-order valence-electron chi connectivity index (χ0n) is 13.0. The molecule has 23 heavy (non-hydrogen) atoms. The second-order valence-electron chi connectivity index (χ2n) is 5.70. The van der Waals surface area contributed by atoms with Gasteiger partial charge in [0, 0.05) is 32.8 Å². The molecule has 1 aromatic carbocycles. The Morgan fingerprint density at radius 3 is 2.74 bits per heavy atom. The maximum absolute atomic E-state index is 12.6. The van der Waals surface area contributed by atoms with Crippen LogP contribution in [0.2, 0.25) is 0 Å². The molecule has 0 saturated carbocycles. The highest BCUT2D eigenvalue weighted by atomic mass is 16.2. The van der Waals surface area contributed by atoms with E-state index in [9.17, 15) is 9.59 Å². The Hall–Kier alpha value is -2.69. The van der Waals surface area contributed by atoms with Crippen molar-refractivity contribution in [3.8, 4) is 0 Å². The molecule has 0 bridgehead atoms. The summed E-state index contributed by atoms with van der Waals surface area (Å²) in [5, 5.41) is 2.95. The standard InChI is InChI=1S/C18H19N3O2/c1-13(22)21-11-15-8-5-9-19-17(15)16(12-21)18(23)20-10-14-6-3-2-4-7-14/h2-9,16H,10-12H2,1H3,(H,20,23). The average molecular weight is 309 g/mol. The fraction of sp³-hybridized carbons (Fsp3) is 0.278. The van der Waals surface area contributed by atoms with Crippen molar-refractivity contribution < 1.29 is 9.59 Å². The van der Waals surface area contributed by atoms with E-state index in [-0.39, 0.29) is 11.8 Å².